The normalized spacial score (nSPS) is 24.8. The molecule has 2 amide bonds. The highest BCUT2D eigenvalue weighted by molar-refractivity contribution is 5.78. The number of urea groups is 1. The summed E-state index contributed by atoms with van der Waals surface area (Å²) in [5.74, 6) is -0.242. The third kappa shape index (κ3) is 3.87. The number of hydrogen-bond donors (Lipinski definition) is 2. The smallest absolute Gasteiger partial charge is 0.317 e. The maximum atomic E-state index is 12.2. The second kappa shape index (κ2) is 7.11. The predicted octanol–water partition coefficient (Wildman–Crippen LogP) is 1.70. The number of carboxylic acids is 1. The summed E-state index contributed by atoms with van der Waals surface area (Å²) >= 11 is 0. The monoisotopic (exact) mass is 298 g/mol. The Morgan fingerprint density at radius 2 is 2.10 bits per heavy atom. The van der Waals surface area contributed by atoms with Crippen LogP contribution >= 0.6 is 0 Å². The second-order valence-corrected chi connectivity index (χ2v) is 6.25. The lowest BCUT2D eigenvalue weighted by Gasteiger charge is -2.33. The van der Waals surface area contributed by atoms with Crippen molar-refractivity contribution in [1.82, 2.24) is 10.2 Å². The molecule has 21 heavy (non-hydrogen) atoms. The summed E-state index contributed by atoms with van der Waals surface area (Å²) in [6, 6.07) is -0.124. The average Bonchev–Trinajstić information content (AvgIpc) is 2.95. The van der Waals surface area contributed by atoms with Crippen LogP contribution in [-0.4, -0.2) is 54.9 Å². The third-order valence-electron chi connectivity index (χ3n) is 4.75. The van der Waals surface area contributed by atoms with Crippen LogP contribution < -0.4 is 5.32 Å². The number of carbonyl (C=O) groups is 2. The van der Waals surface area contributed by atoms with Gasteiger partial charge in [0.25, 0.3) is 0 Å². The van der Waals surface area contributed by atoms with Gasteiger partial charge in [-0.2, -0.15) is 0 Å². The van der Waals surface area contributed by atoms with E-state index >= 15 is 0 Å². The molecule has 2 aliphatic heterocycles. The molecule has 1 atom stereocenters. The third-order valence-corrected chi connectivity index (χ3v) is 4.75. The van der Waals surface area contributed by atoms with E-state index in [-0.39, 0.29) is 12.6 Å². The fraction of sp³-hybridized carbons (Fsp3) is 0.867. The van der Waals surface area contributed by atoms with Crippen LogP contribution in [0.2, 0.25) is 0 Å². The van der Waals surface area contributed by atoms with Crippen molar-refractivity contribution < 1.29 is 19.4 Å². The molecule has 6 nitrogen and oxygen atoms in total. The minimum atomic E-state index is -0.865. The van der Waals surface area contributed by atoms with Crippen molar-refractivity contribution >= 4 is 12.0 Å². The van der Waals surface area contributed by atoms with Gasteiger partial charge in [0.05, 0.1) is 5.41 Å². The molecule has 0 bridgehead atoms. The van der Waals surface area contributed by atoms with E-state index in [0.717, 1.165) is 32.4 Å². The summed E-state index contributed by atoms with van der Waals surface area (Å²) < 4.78 is 5.24. The first-order valence-electron chi connectivity index (χ1n) is 7.91. The molecule has 0 saturated carbocycles. The van der Waals surface area contributed by atoms with Crippen LogP contribution in [0.4, 0.5) is 4.79 Å². The van der Waals surface area contributed by atoms with Crippen LogP contribution in [0.25, 0.3) is 0 Å². The number of carboxylic acid groups (broad SMARTS) is 1. The minimum absolute atomic E-state index is 0.124. The number of hydrogen-bond acceptors (Lipinski definition) is 3. The topological polar surface area (TPSA) is 78.9 Å². The van der Waals surface area contributed by atoms with Gasteiger partial charge < -0.3 is 20.1 Å². The van der Waals surface area contributed by atoms with Crippen LogP contribution in [-0.2, 0) is 9.53 Å². The standard InChI is InChI=1S/C15H26N2O4/c1-2-3-12-4-7-17(10-12)14(20)16-11-15(13(18)19)5-8-21-9-6-15/h12H,2-11H2,1H3,(H,16,20)(H,18,19). The molecule has 1 unspecified atom stereocenters. The Kier molecular flexibility index (Phi) is 5.45. The molecule has 120 valence electrons. The van der Waals surface area contributed by atoms with Crippen molar-refractivity contribution in [3.8, 4) is 0 Å². The minimum Gasteiger partial charge on any atom is -0.481 e. The molecule has 0 aromatic rings. The summed E-state index contributed by atoms with van der Waals surface area (Å²) in [5, 5.41) is 12.3. The molecular formula is C15H26N2O4. The highest BCUT2D eigenvalue weighted by atomic mass is 16.5. The summed E-state index contributed by atoms with van der Waals surface area (Å²) in [6.45, 7) is 4.82. The lowest BCUT2D eigenvalue weighted by Crippen LogP contribution is -2.49. The van der Waals surface area contributed by atoms with Crippen molar-refractivity contribution in [2.24, 2.45) is 11.3 Å². The Balaban J connectivity index is 1.84. The van der Waals surface area contributed by atoms with Crippen LogP contribution in [0, 0.1) is 11.3 Å². The van der Waals surface area contributed by atoms with Crippen molar-refractivity contribution in [3.05, 3.63) is 0 Å². The maximum absolute atomic E-state index is 12.2. The van der Waals surface area contributed by atoms with Crippen LogP contribution in [0.1, 0.15) is 39.0 Å². The number of rotatable bonds is 5. The van der Waals surface area contributed by atoms with Gasteiger partial charge in [0.15, 0.2) is 0 Å². The molecule has 2 aliphatic rings. The lowest BCUT2D eigenvalue weighted by molar-refractivity contribution is -0.154. The van der Waals surface area contributed by atoms with Gasteiger partial charge >= 0.3 is 12.0 Å². The van der Waals surface area contributed by atoms with Crippen LogP contribution in [0.5, 0.6) is 0 Å². The number of aliphatic carboxylic acids is 1. The maximum Gasteiger partial charge on any atom is 0.317 e. The van der Waals surface area contributed by atoms with E-state index in [9.17, 15) is 14.7 Å². The Bertz CT molecular complexity index is 380. The van der Waals surface area contributed by atoms with Gasteiger partial charge in [0, 0.05) is 32.8 Å². The first kappa shape index (κ1) is 16.1. The fourth-order valence-corrected chi connectivity index (χ4v) is 3.25. The van der Waals surface area contributed by atoms with Gasteiger partial charge in [0.1, 0.15) is 0 Å². The van der Waals surface area contributed by atoms with E-state index in [0.29, 0.717) is 32.0 Å². The van der Waals surface area contributed by atoms with Gasteiger partial charge in [-0.15, -0.1) is 0 Å². The van der Waals surface area contributed by atoms with E-state index < -0.39 is 11.4 Å². The molecule has 6 heteroatoms. The highest BCUT2D eigenvalue weighted by Gasteiger charge is 2.41. The molecule has 0 radical (unpaired) electrons. The molecule has 0 aromatic heterocycles. The summed E-state index contributed by atoms with van der Waals surface area (Å²) in [5.41, 5.74) is -0.865. The Morgan fingerprint density at radius 3 is 2.71 bits per heavy atom. The molecule has 2 N–H and O–H groups in total. The molecule has 0 spiro atoms. The summed E-state index contributed by atoms with van der Waals surface area (Å²) in [7, 11) is 0. The Hall–Kier alpha value is -1.30. The number of carbonyl (C=O) groups excluding carboxylic acids is 1. The van der Waals surface area contributed by atoms with Gasteiger partial charge in [-0.3, -0.25) is 4.79 Å². The number of amides is 2. The van der Waals surface area contributed by atoms with E-state index in [1.165, 1.54) is 0 Å². The van der Waals surface area contributed by atoms with Gasteiger partial charge in [-0.25, -0.2) is 4.79 Å². The SMILES string of the molecule is CCCC1CCN(C(=O)NCC2(C(=O)O)CCOCC2)C1. The van der Waals surface area contributed by atoms with Gasteiger partial charge in [-0.05, 0) is 31.6 Å². The molecule has 2 fully saturated rings. The van der Waals surface area contributed by atoms with E-state index in [2.05, 4.69) is 12.2 Å². The zero-order valence-corrected chi connectivity index (χ0v) is 12.8. The second-order valence-electron chi connectivity index (χ2n) is 6.25. The number of nitrogens with zero attached hydrogens (tertiary/aromatic N) is 1. The molecule has 0 aliphatic carbocycles. The van der Waals surface area contributed by atoms with Crippen molar-refractivity contribution in [3.63, 3.8) is 0 Å². The number of likely N-dealkylation sites (tertiary alicyclic amines) is 1. The predicted molar refractivity (Wildman–Crippen MR) is 78.1 cm³/mol. The lowest BCUT2D eigenvalue weighted by atomic mass is 9.80. The van der Waals surface area contributed by atoms with E-state index in [4.69, 9.17) is 4.74 Å². The van der Waals surface area contributed by atoms with Gasteiger partial charge in [0.2, 0.25) is 0 Å². The fourth-order valence-electron chi connectivity index (χ4n) is 3.25. The molecule has 2 rings (SSSR count). The van der Waals surface area contributed by atoms with Crippen molar-refractivity contribution in [2.45, 2.75) is 39.0 Å². The highest BCUT2D eigenvalue weighted by Crippen LogP contribution is 2.30. The van der Waals surface area contributed by atoms with E-state index in [1.54, 1.807) is 0 Å². The summed E-state index contributed by atoms with van der Waals surface area (Å²) in [6.07, 6.45) is 4.27. The zero-order chi connectivity index (χ0) is 15.3. The number of nitrogens with one attached hydrogen (secondary N) is 1. The van der Waals surface area contributed by atoms with Crippen molar-refractivity contribution in [2.75, 3.05) is 32.8 Å². The molecule has 0 aromatic carbocycles. The van der Waals surface area contributed by atoms with Gasteiger partial charge in [-0.1, -0.05) is 13.3 Å². The molecule has 2 heterocycles. The Morgan fingerprint density at radius 1 is 1.38 bits per heavy atom. The number of ether oxygens (including phenoxy) is 1. The summed E-state index contributed by atoms with van der Waals surface area (Å²) in [4.78, 5) is 25.5. The largest absolute Gasteiger partial charge is 0.481 e. The quantitative estimate of drug-likeness (QED) is 0.809. The van der Waals surface area contributed by atoms with E-state index in [1.807, 2.05) is 4.90 Å². The Labute approximate surface area is 125 Å². The zero-order valence-electron chi connectivity index (χ0n) is 12.8. The van der Waals surface area contributed by atoms with Crippen molar-refractivity contribution in [1.29, 1.82) is 0 Å². The molecular weight excluding hydrogens is 272 g/mol. The first-order valence-corrected chi connectivity index (χ1v) is 7.91. The van der Waals surface area contributed by atoms with Crippen LogP contribution in [0.15, 0.2) is 0 Å². The van der Waals surface area contributed by atoms with Crippen LogP contribution in [0.3, 0.4) is 0 Å². The average molecular weight is 298 g/mol. The first-order chi connectivity index (χ1) is 10.1. The molecule has 2 saturated heterocycles.